The van der Waals surface area contributed by atoms with Crippen molar-refractivity contribution in [1.82, 2.24) is 20.1 Å². The Morgan fingerprint density at radius 1 is 1.24 bits per heavy atom. The molecule has 0 aliphatic heterocycles. The zero-order valence-corrected chi connectivity index (χ0v) is 10.3. The van der Waals surface area contributed by atoms with E-state index in [2.05, 4.69) is 34.6 Å². The number of nitrogens with one attached hydrogen (secondary N) is 1. The van der Waals surface area contributed by atoms with Crippen molar-refractivity contribution >= 4 is 0 Å². The smallest absolute Gasteiger partial charge is 0.0534 e. The molecule has 0 bridgehead atoms. The lowest BCUT2D eigenvalue weighted by molar-refractivity contribution is 0.554. The van der Waals surface area contributed by atoms with Crippen LogP contribution in [0, 0.1) is 13.8 Å². The summed E-state index contributed by atoms with van der Waals surface area (Å²) in [6, 6.07) is 4.14. The monoisotopic (exact) mass is 230 g/mol. The number of aromatic nitrogens is 3. The summed E-state index contributed by atoms with van der Waals surface area (Å²) in [7, 11) is 0. The van der Waals surface area contributed by atoms with Crippen LogP contribution in [0.15, 0.2) is 30.7 Å². The van der Waals surface area contributed by atoms with Crippen molar-refractivity contribution in [2.24, 2.45) is 0 Å². The van der Waals surface area contributed by atoms with Crippen LogP contribution in [0.25, 0.3) is 0 Å². The number of aryl methyl sites for hydroxylation is 2. The first-order chi connectivity index (χ1) is 8.24. The Bertz CT molecular complexity index is 459. The van der Waals surface area contributed by atoms with E-state index in [-0.39, 0.29) is 0 Å². The average Bonchev–Trinajstić information content (AvgIpc) is 2.73. The largest absolute Gasteiger partial charge is 0.311 e. The average molecular weight is 230 g/mol. The molecule has 0 aliphatic rings. The van der Waals surface area contributed by atoms with E-state index in [4.69, 9.17) is 0 Å². The summed E-state index contributed by atoms with van der Waals surface area (Å²) >= 11 is 0. The summed E-state index contributed by atoms with van der Waals surface area (Å²) in [6.45, 7) is 6.71. The summed E-state index contributed by atoms with van der Waals surface area (Å²) in [4.78, 5) is 4.26. The zero-order chi connectivity index (χ0) is 12.1. The maximum Gasteiger partial charge on any atom is 0.0534 e. The van der Waals surface area contributed by atoms with Crippen LogP contribution in [0.3, 0.4) is 0 Å². The fourth-order valence-electron chi connectivity index (χ4n) is 1.62. The fraction of sp³-hybridized carbons (Fsp3) is 0.385. The van der Waals surface area contributed by atoms with E-state index in [9.17, 15) is 0 Å². The summed E-state index contributed by atoms with van der Waals surface area (Å²) in [5.74, 6) is 0. The highest BCUT2D eigenvalue weighted by atomic mass is 15.3. The molecule has 4 nitrogen and oxygen atoms in total. The van der Waals surface area contributed by atoms with Crippen molar-refractivity contribution in [3.63, 3.8) is 0 Å². The summed E-state index contributed by atoms with van der Waals surface area (Å²) in [5, 5.41) is 7.61. The Labute approximate surface area is 102 Å². The highest BCUT2D eigenvalue weighted by Gasteiger charge is 1.95. The Kier molecular flexibility index (Phi) is 3.88. The number of rotatable bonds is 5. The van der Waals surface area contributed by atoms with E-state index >= 15 is 0 Å². The van der Waals surface area contributed by atoms with Crippen molar-refractivity contribution < 1.29 is 0 Å². The van der Waals surface area contributed by atoms with Crippen LogP contribution in [-0.4, -0.2) is 21.3 Å². The van der Waals surface area contributed by atoms with Gasteiger partial charge >= 0.3 is 0 Å². The molecule has 0 spiro atoms. The van der Waals surface area contributed by atoms with Gasteiger partial charge in [-0.2, -0.15) is 5.10 Å². The van der Waals surface area contributed by atoms with Crippen LogP contribution in [-0.2, 0) is 13.1 Å². The zero-order valence-electron chi connectivity index (χ0n) is 10.3. The highest BCUT2D eigenvalue weighted by molar-refractivity contribution is 5.12. The summed E-state index contributed by atoms with van der Waals surface area (Å²) in [5.41, 5.74) is 3.47. The second-order valence-corrected chi connectivity index (χ2v) is 4.27. The van der Waals surface area contributed by atoms with Crippen molar-refractivity contribution in [3.8, 4) is 0 Å². The first-order valence-corrected chi connectivity index (χ1v) is 5.85. The number of hydrogen-bond donors (Lipinski definition) is 1. The van der Waals surface area contributed by atoms with Gasteiger partial charge in [-0.3, -0.25) is 9.67 Å². The van der Waals surface area contributed by atoms with Crippen molar-refractivity contribution in [2.75, 3.05) is 6.54 Å². The summed E-state index contributed by atoms with van der Waals surface area (Å²) < 4.78 is 1.95. The lowest BCUT2D eigenvalue weighted by Gasteiger charge is -2.05. The molecule has 2 aromatic rings. The molecule has 0 aromatic carbocycles. The Morgan fingerprint density at radius 3 is 2.76 bits per heavy atom. The Hall–Kier alpha value is -1.68. The fourth-order valence-corrected chi connectivity index (χ4v) is 1.62. The number of hydrogen-bond acceptors (Lipinski definition) is 3. The molecular formula is C13H18N4. The third-order valence-corrected chi connectivity index (χ3v) is 2.58. The number of nitrogens with zero attached hydrogens (tertiary/aromatic N) is 3. The van der Waals surface area contributed by atoms with Gasteiger partial charge in [0.1, 0.15) is 0 Å². The minimum absolute atomic E-state index is 0.855. The van der Waals surface area contributed by atoms with E-state index in [1.54, 1.807) is 0 Å². The maximum absolute atomic E-state index is 4.26. The molecule has 2 aromatic heterocycles. The Balaban J connectivity index is 1.71. The maximum atomic E-state index is 4.26. The molecule has 0 radical (unpaired) electrons. The molecule has 2 rings (SSSR count). The lowest BCUT2D eigenvalue weighted by atomic mass is 10.2. The molecule has 0 unspecified atom stereocenters. The van der Waals surface area contributed by atoms with Crippen LogP contribution in [0.2, 0.25) is 0 Å². The van der Waals surface area contributed by atoms with E-state index in [1.165, 1.54) is 11.1 Å². The molecule has 1 N–H and O–H groups in total. The molecule has 0 amide bonds. The molecular weight excluding hydrogens is 212 g/mol. The van der Waals surface area contributed by atoms with Crippen LogP contribution >= 0.6 is 0 Å². The van der Waals surface area contributed by atoms with Gasteiger partial charge in [-0.1, -0.05) is 6.07 Å². The molecule has 17 heavy (non-hydrogen) atoms. The standard InChI is InChI=1S/C13H18N4/c1-11-7-16-17(10-11)6-5-14-8-13-4-3-12(2)15-9-13/h3-4,7,9-10,14H,5-6,8H2,1-2H3. The minimum atomic E-state index is 0.855. The van der Waals surface area contributed by atoms with E-state index < -0.39 is 0 Å². The van der Waals surface area contributed by atoms with Gasteiger partial charge in [0, 0.05) is 31.2 Å². The second-order valence-electron chi connectivity index (χ2n) is 4.27. The van der Waals surface area contributed by atoms with Crippen LogP contribution in [0.4, 0.5) is 0 Å². The SMILES string of the molecule is Cc1cnn(CCNCc2ccc(C)nc2)c1. The van der Waals surface area contributed by atoms with Crippen molar-refractivity contribution in [2.45, 2.75) is 26.9 Å². The molecule has 90 valence electrons. The third-order valence-electron chi connectivity index (χ3n) is 2.58. The Morgan fingerprint density at radius 2 is 2.12 bits per heavy atom. The highest BCUT2D eigenvalue weighted by Crippen LogP contribution is 1.98. The van der Waals surface area contributed by atoms with Crippen molar-refractivity contribution in [3.05, 3.63) is 47.5 Å². The van der Waals surface area contributed by atoms with Crippen LogP contribution < -0.4 is 5.32 Å². The lowest BCUT2D eigenvalue weighted by Crippen LogP contribution is -2.19. The molecule has 2 heterocycles. The van der Waals surface area contributed by atoms with Gasteiger partial charge in [0.25, 0.3) is 0 Å². The van der Waals surface area contributed by atoms with Gasteiger partial charge in [-0.25, -0.2) is 0 Å². The summed E-state index contributed by atoms with van der Waals surface area (Å²) in [6.07, 6.45) is 5.85. The molecule has 0 saturated carbocycles. The molecule has 4 heteroatoms. The van der Waals surface area contributed by atoms with Crippen molar-refractivity contribution in [1.29, 1.82) is 0 Å². The van der Waals surface area contributed by atoms with E-state index in [1.807, 2.05) is 30.1 Å². The van der Waals surface area contributed by atoms with Gasteiger partial charge in [-0.15, -0.1) is 0 Å². The topological polar surface area (TPSA) is 42.7 Å². The first-order valence-electron chi connectivity index (χ1n) is 5.85. The predicted molar refractivity (Wildman–Crippen MR) is 67.6 cm³/mol. The first kappa shape index (κ1) is 11.8. The second kappa shape index (κ2) is 5.59. The van der Waals surface area contributed by atoms with E-state index in [0.717, 1.165) is 25.3 Å². The van der Waals surface area contributed by atoms with Crippen LogP contribution in [0.5, 0.6) is 0 Å². The van der Waals surface area contributed by atoms with E-state index in [0.29, 0.717) is 0 Å². The molecule has 0 aliphatic carbocycles. The van der Waals surface area contributed by atoms with Gasteiger partial charge in [-0.05, 0) is 31.0 Å². The molecule has 0 fully saturated rings. The normalized spacial score (nSPS) is 10.7. The number of pyridine rings is 1. The molecule has 0 saturated heterocycles. The third kappa shape index (κ3) is 3.67. The van der Waals surface area contributed by atoms with Gasteiger partial charge in [0.15, 0.2) is 0 Å². The minimum Gasteiger partial charge on any atom is -0.311 e. The van der Waals surface area contributed by atoms with Gasteiger partial charge < -0.3 is 5.32 Å². The predicted octanol–water partition coefficient (Wildman–Crippen LogP) is 1.68. The quantitative estimate of drug-likeness (QED) is 0.795. The van der Waals surface area contributed by atoms with Crippen LogP contribution in [0.1, 0.15) is 16.8 Å². The molecule has 0 atom stereocenters. The van der Waals surface area contributed by atoms with Gasteiger partial charge in [0.05, 0.1) is 12.7 Å². The van der Waals surface area contributed by atoms with Gasteiger partial charge in [0.2, 0.25) is 0 Å².